The number of carbonyl (C=O) groups is 3. The Balaban J connectivity index is 1.21. The second kappa shape index (κ2) is 11.3. The van der Waals surface area contributed by atoms with E-state index in [1.54, 1.807) is 54.6 Å². The molecule has 35 heavy (non-hydrogen) atoms. The molecule has 0 fully saturated rings. The van der Waals surface area contributed by atoms with E-state index in [1.165, 1.54) is 6.21 Å². The van der Waals surface area contributed by atoms with Crippen LogP contribution in [0.3, 0.4) is 0 Å². The molecule has 3 aromatic carbocycles. The SMILES string of the molecule is O=C(COc1cccc(/C=N\NC(=O)C(=O)NCc2ccc3c(c2)OCO3)c1)Nc1ccccc1. The van der Waals surface area contributed by atoms with Gasteiger partial charge >= 0.3 is 11.8 Å². The second-order valence-electron chi connectivity index (χ2n) is 7.34. The monoisotopic (exact) mass is 474 g/mol. The molecule has 1 heterocycles. The van der Waals surface area contributed by atoms with E-state index in [1.807, 2.05) is 18.2 Å². The van der Waals surface area contributed by atoms with E-state index in [2.05, 4.69) is 21.2 Å². The summed E-state index contributed by atoms with van der Waals surface area (Å²) in [6, 6.07) is 21.1. The highest BCUT2D eigenvalue weighted by Crippen LogP contribution is 2.32. The van der Waals surface area contributed by atoms with Crippen LogP contribution >= 0.6 is 0 Å². The van der Waals surface area contributed by atoms with E-state index in [4.69, 9.17) is 14.2 Å². The van der Waals surface area contributed by atoms with Gasteiger partial charge in [0.1, 0.15) is 5.75 Å². The van der Waals surface area contributed by atoms with Crippen LogP contribution in [0.15, 0.2) is 77.9 Å². The van der Waals surface area contributed by atoms with Crippen molar-refractivity contribution < 1.29 is 28.6 Å². The Morgan fingerprint density at radius 2 is 1.74 bits per heavy atom. The maximum Gasteiger partial charge on any atom is 0.329 e. The van der Waals surface area contributed by atoms with Crippen LogP contribution < -0.4 is 30.3 Å². The topological polar surface area (TPSA) is 127 Å². The first-order valence-corrected chi connectivity index (χ1v) is 10.6. The lowest BCUT2D eigenvalue weighted by Crippen LogP contribution is -2.37. The Morgan fingerprint density at radius 3 is 2.60 bits per heavy atom. The molecule has 0 saturated heterocycles. The van der Waals surface area contributed by atoms with Crippen molar-refractivity contribution in [1.82, 2.24) is 10.7 Å². The number of hydrogen-bond donors (Lipinski definition) is 3. The second-order valence-corrected chi connectivity index (χ2v) is 7.34. The molecule has 0 radical (unpaired) electrons. The molecule has 0 atom stereocenters. The van der Waals surface area contributed by atoms with E-state index in [-0.39, 0.29) is 25.9 Å². The third-order valence-electron chi connectivity index (χ3n) is 4.76. The molecule has 4 rings (SSSR count). The minimum atomic E-state index is -0.910. The number of benzene rings is 3. The molecule has 178 valence electrons. The van der Waals surface area contributed by atoms with E-state index in [0.717, 1.165) is 5.56 Å². The van der Waals surface area contributed by atoms with Crippen LogP contribution in [0.5, 0.6) is 17.2 Å². The number of amides is 3. The van der Waals surface area contributed by atoms with Gasteiger partial charge in [-0.3, -0.25) is 14.4 Å². The maximum atomic E-state index is 12.0. The van der Waals surface area contributed by atoms with Crippen molar-refractivity contribution >= 4 is 29.6 Å². The Kier molecular flexibility index (Phi) is 7.54. The summed E-state index contributed by atoms with van der Waals surface area (Å²) < 4.78 is 16.0. The average molecular weight is 474 g/mol. The molecule has 0 spiro atoms. The number of hydrogen-bond acceptors (Lipinski definition) is 7. The smallest absolute Gasteiger partial charge is 0.329 e. The van der Waals surface area contributed by atoms with Crippen LogP contribution in [-0.4, -0.2) is 37.3 Å². The zero-order valence-corrected chi connectivity index (χ0v) is 18.5. The fraction of sp³-hybridized carbons (Fsp3) is 0.120. The van der Waals surface area contributed by atoms with E-state index >= 15 is 0 Å². The number of carbonyl (C=O) groups excluding carboxylic acids is 3. The zero-order valence-electron chi connectivity index (χ0n) is 18.5. The van der Waals surface area contributed by atoms with Crippen LogP contribution in [0, 0.1) is 0 Å². The lowest BCUT2D eigenvalue weighted by Gasteiger charge is -2.08. The number of fused-ring (bicyclic) bond motifs is 1. The molecular weight excluding hydrogens is 452 g/mol. The van der Waals surface area contributed by atoms with Crippen LogP contribution in [0.25, 0.3) is 0 Å². The highest BCUT2D eigenvalue weighted by molar-refractivity contribution is 6.35. The molecule has 3 N–H and O–H groups in total. The minimum absolute atomic E-state index is 0.143. The lowest BCUT2D eigenvalue weighted by atomic mass is 10.2. The number of nitrogens with one attached hydrogen (secondary N) is 3. The Labute approximate surface area is 200 Å². The summed E-state index contributed by atoms with van der Waals surface area (Å²) in [5, 5.41) is 9.04. The first kappa shape index (κ1) is 23.3. The molecule has 3 amide bonds. The van der Waals surface area contributed by atoms with Gasteiger partial charge in [-0.2, -0.15) is 5.10 Å². The van der Waals surface area contributed by atoms with Gasteiger partial charge in [0.25, 0.3) is 5.91 Å². The van der Waals surface area contributed by atoms with Crippen molar-refractivity contribution in [2.75, 3.05) is 18.7 Å². The molecule has 0 saturated carbocycles. The quantitative estimate of drug-likeness (QED) is 0.261. The van der Waals surface area contributed by atoms with Crippen LogP contribution in [0.1, 0.15) is 11.1 Å². The highest BCUT2D eigenvalue weighted by atomic mass is 16.7. The van der Waals surface area contributed by atoms with Gasteiger partial charge in [0, 0.05) is 12.2 Å². The fourth-order valence-corrected chi connectivity index (χ4v) is 3.08. The van der Waals surface area contributed by atoms with Gasteiger partial charge in [-0.15, -0.1) is 0 Å². The van der Waals surface area contributed by atoms with Gasteiger partial charge in [0.15, 0.2) is 18.1 Å². The van der Waals surface area contributed by atoms with Gasteiger partial charge in [0.2, 0.25) is 6.79 Å². The summed E-state index contributed by atoms with van der Waals surface area (Å²) in [5.41, 5.74) is 4.21. The van der Waals surface area contributed by atoms with Gasteiger partial charge in [-0.25, -0.2) is 5.43 Å². The van der Waals surface area contributed by atoms with Crippen molar-refractivity contribution in [3.8, 4) is 17.2 Å². The maximum absolute atomic E-state index is 12.0. The average Bonchev–Trinajstić information content (AvgIpc) is 3.35. The zero-order chi connectivity index (χ0) is 24.5. The summed E-state index contributed by atoms with van der Waals surface area (Å²) in [6.45, 7) is 0.129. The van der Waals surface area contributed by atoms with Crippen molar-refractivity contribution in [2.24, 2.45) is 5.10 Å². The lowest BCUT2D eigenvalue weighted by molar-refractivity contribution is -0.139. The van der Waals surface area contributed by atoms with Gasteiger partial charge < -0.3 is 24.8 Å². The van der Waals surface area contributed by atoms with Crippen LogP contribution in [0.4, 0.5) is 5.69 Å². The number of anilines is 1. The summed E-state index contributed by atoms with van der Waals surface area (Å²) in [6.07, 6.45) is 1.36. The third kappa shape index (κ3) is 6.81. The van der Waals surface area contributed by atoms with Gasteiger partial charge in [0.05, 0.1) is 6.21 Å². The number of rotatable bonds is 8. The normalized spacial score (nSPS) is 11.7. The Bertz CT molecular complexity index is 1250. The molecule has 1 aliphatic rings. The van der Waals surface area contributed by atoms with E-state index in [9.17, 15) is 14.4 Å². The van der Waals surface area contributed by atoms with Gasteiger partial charge in [-0.1, -0.05) is 36.4 Å². The highest BCUT2D eigenvalue weighted by Gasteiger charge is 2.15. The van der Waals surface area contributed by atoms with Gasteiger partial charge in [-0.05, 0) is 47.5 Å². The minimum Gasteiger partial charge on any atom is -0.484 e. The molecule has 3 aromatic rings. The summed E-state index contributed by atoms with van der Waals surface area (Å²) >= 11 is 0. The number of nitrogens with zero attached hydrogens (tertiary/aromatic N) is 1. The van der Waals surface area contributed by atoms with Crippen molar-refractivity contribution in [3.63, 3.8) is 0 Å². The molecule has 10 nitrogen and oxygen atoms in total. The number of hydrazone groups is 1. The first-order chi connectivity index (χ1) is 17.1. The molecule has 0 bridgehead atoms. The fourth-order valence-electron chi connectivity index (χ4n) is 3.08. The molecule has 0 aliphatic carbocycles. The Hall–Kier alpha value is -4.86. The first-order valence-electron chi connectivity index (χ1n) is 10.6. The Morgan fingerprint density at radius 1 is 0.914 bits per heavy atom. The predicted octanol–water partition coefficient (Wildman–Crippen LogP) is 2.20. The van der Waals surface area contributed by atoms with Crippen molar-refractivity contribution in [3.05, 3.63) is 83.9 Å². The van der Waals surface area contributed by atoms with E-state index < -0.39 is 11.8 Å². The third-order valence-corrected chi connectivity index (χ3v) is 4.76. The predicted molar refractivity (Wildman–Crippen MR) is 127 cm³/mol. The molecule has 0 aromatic heterocycles. The molecule has 0 unspecified atom stereocenters. The number of ether oxygens (including phenoxy) is 3. The standard InChI is InChI=1S/C25H22N4O6/c30-23(28-19-6-2-1-3-7-19)15-33-20-8-4-5-17(11-20)14-27-29-25(32)24(31)26-13-18-9-10-21-22(12-18)35-16-34-21/h1-12,14H,13,15-16H2,(H,26,31)(H,28,30)(H,29,32)/b27-14-. The van der Waals surface area contributed by atoms with Crippen molar-refractivity contribution in [1.29, 1.82) is 0 Å². The molecular formula is C25H22N4O6. The number of para-hydroxylation sites is 1. The van der Waals surface area contributed by atoms with Crippen LogP contribution in [-0.2, 0) is 20.9 Å². The largest absolute Gasteiger partial charge is 0.484 e. The van der Waals surface area contributed by atoms with Crippen LogP contribution in [0.2, 0.25) is 0 Å². The summed E-state index contributed by atoms with van der Waals surface area (Å²) in [5.74, 6) is -0.363. The van der Waals surface area contributed by atoms with Crippen molar-refractivity contribution in [2.45, 2.75) is 6.54 Å². The van der Waals surface area contributed by atoms with E-state index in [0.29, 0.717) is 28.5 Å². The molecule has 1 aliphatic heterocycles. The summed E-state index contributed by atoms with van der Waals surface area (Å²) in [4.78, 5) is 36.0. The summed E-state index contributed by atoms with van der Waals surface area (Å²) in [7, 11) is 0. The molecule has 10 heteroatoms.